The molecule has 1 aromatic carbocycles. The lowest BCUT2D eigenvalue weighted by molar-refractivity contribution is 0.0655. The Morgan fingerprint density at radius 3 is 2.23 bits per heavy atom. The molecule has 0 aromatic heterocycles. The fraction of sp³-hybridized carbons (Fsp3) is 0.684. The van der Waals surface area contributed by atoms with Gasteiger partial charge in [-0.05, 0) is 48.6 Å². The van der Waals surface area contributed by atoms with Crippen molar-refractivity contribution in [3.63, 3.8) is 0 Å². The molecule has 0 aliphatic heterocycles. The monoisotopic (exact) mass is 310 g/mol. The molecule has 1 saturated carbocycles. The summed E-state index contributed by atoms with van der Waals surface area (Å²) < 4.78 is 20.0. The topological polar surface area (TPSA) is 29.5 Å². The van der Waals surface area contributed by atoms with E-state index in [1.807, 2.05) is 39.8 Å². The van der Waals surface area contributed by atoms with Gasteiger partial charge in [0.15, 0.2) is 0 Å². The lowest BCUT2D eigenvalue weighted by Crippen LogP contribution is -2.20. The lowest BCUT2D eigenvalue weighted by atomic mass is 9.81. The molecule has 0 saturated heterocycles. The summed E-state index contributed by atoms with van der Waals surface area (Å²) >= 11 is 0. The Bertz CT molecular complexity index is 449. The molecule has 1 aliphatic rings. The third kappa shape index (κ3) is 4.30. The van der Waals surface area contributed by atoms with Crippen molar-refractivity contribution in [2.75, 3.05) is 7.11 Å². The Morgan fingerprint density at radius 1 is 1.18 bits per heavy atom. The Hall–Kier alpha value is -0.930. The van der Waals surface area contributed by atoms with E-state index in [1.165, 1.54) is 0 Å². The van der Waals surface area contributed by atoms with Crippen molar-refractivity contribution in [1.29, 1.82) is 0 Å². The molecule has 0 unspecified atom stereocenters. The summed E-state index contributed by atoms with van der Waals surface area (Å²) in [5.41, 5.74) is 2.17. The molecule has 126 valence electrons. The molecule has 1 aromatic rings. The van der Waals surface area contributed by atoms with Gasteiger partial charge in [0.2, 0.25) is 0 Å². The van der Waals surface area contributed by atoms with E-state index in [1.54, 1.807) is 7.11 Å². The van der Waals surface area contributed by atoms with Gasteiger partial charge in [0, 0.05) is 12.7 Å². The second-order valence-electron chi connectivity index (χ2n) is 6.06. The average Bonchev–Trinajstić information content (AvgIpc) is 2.56. The minimum Gasteiger partial charge on any atom is -0.392 e. The molecule has 2 nitrogen and oxygen atoms in total. The van der Waals surface area contributed by atoms with E-state index in [0.717, 1.165) is 36.8 Å². The van der Waals surface area contributed by atoms with Gasteiger partial charge < -0.3 is 9.84 Å². The van der Waals surface area contributed by atoms with Gasteiger partial charge in [0.1, 0.15) is 5.82 Å². The molecule has 22 heavy (non-hydrogen) atoms. The molecular weight excluding hydrogens is 279 g/mol. The number of hydrogen-bond donors (Lipinski definition) is 1. The summed E-state index contributed by atoms with van der Waals surface area (Å²) in [7, 11) is 1.74. The summed E-state index contributed by atoms with van der Waals surface area (Å²) in [5, 5.41) is 9.49. The van der Waals surface area contributed by atoms with Crippen LogP contribution in [0.1, 0.15) is 81.9 Å². The lowest BCUT2D eigenvalue weighted by Gasteiger charge is -2.29. The van der Waals surface area contributed by atoms with Crippen molar-refractivity contribution in [2.24, 2.45) is 0 Å². The van der Waals surface area contributed by atoms with E-state index in [9.17, 15) is 9.50 Å². The number of benzene rings is 1. The maximum absolute atomic E-state index is 14.7. The largest absolute Gasteiger partial charge is 0.392 e. The molecule has 3 heteroatoms. The van der Waals surface area contributed by atoms with E-state index >= 15 is 0 Å². The SMILES string of the molecule is CC.COC1CCC(c2ccc(C(C)C)c(CO)c2F)CC1. The highest BCUT2D eigenvalue weighted by Crippen LogP contribution is 2.37. The predicted molar refractivity (Wildman–Crippen MR) is 89.8 cm³/mol. The Labute approximate surface area is 134 Å². The first-order valence-corrected chi connectivity index (χ1v) is 8.53. The van der Waals surface area contributed by atoms with Crippen LogP contribution in [0.5, 0.6) is 0 Å². The maximum Gasteiger partial charge on any atom is 0.132 e. The van der Waals surface area contributed by atoms with E-state index in [0.29, 0.717) is 11.7 Å². The first-order valence-electron chi connectivity index (χ1n) is 8.53. The highest BCUT2D eigenvalue weighted by molar-refractivity contribution is 5.37. The third-order valence-corrected chi connectivity index (χ3v) is 4.54. The van der Waals surface area contributed by atoms with E-state index in [4.69, 9.17) is 4.74 Å². The Kier molecular flexibility index (Phi) is 8.05. The van der Waals surface area contributed by atoms with Crippen LogP contribution in [0.3, 0.4) is 0 Å². The minimum atomic E-state index is -0.222. The average molecular weight is 310 g/mol. The number of rotatable bonds is 4. The van der Waals surface area contributed by atoms with E-state index in [2.05, 4.69) is 0 Å². The molecule has 0 bridgehead atoms. The van der Waals surface area contributed by atoms with Gasteiger partial charge in [-0.1, -0.05) is 39.8 Å². The summed E-state index contributed by atoms with van der Waals surface area (Å²) in [6, 6.07) is 3.90. The van der Waals surface area contributed by atoms with Gasteiger partial charge in [-0.3, -0.25) is 0 Å². The van der Waals surface area contributed by atoms with Crippen LogP contribution in [0, 0.1) is 5.82 Å². The zero-order valence-electron chi connectivity index (χ0n) is 14.7. The quantitative estimate of drug-likeness (QED) is 0.834. The van der Waals surface area contributed by atoms with Crippen LogP contribution in [-0.4, -0.2) is 18.3 Å². The second kappa shape index (κ2) is 9.26. The summed E-state index contributed by atoms with van der Waals surface area (Å²) in [4.78, 5) is 0. The molecule has 1 N–H and O–H groups in total. The van der Waals surface area contributed by atoms with Crippen molar-refractivity contribution in [3.05, 3.63) is 34.6 Å². The molecule has 0 amide bonds. The number of ether oxygens (including phenoxy) is 1. The van der Waals surface area contributed by atoms with Crippen molar-refractivity contribution < 1.29 is 14.2 Å². The van der Waals surface area contributed by atoms with Gasteiger partial charge in [-0.2, -0.15) is 0 Å². The van der Waals surface area contributed by atoms with Gasteiger partial charge in [0.25, 0.3) is 0 Å². The number of hydrogen-bond acceptors (Lipinski definition) is 2. The zero-order chi connectivity index (χ0) is 16.7. The van der Waals surface area contributed by atoms with Crippen molar-refractivity contribution in [1.82, 2.24) is 0 Å². The van der Waals surface area contributed by atoms with E-state index in [-0.39, 0.29) is 24.3 Å². The number of methoxy groups -OCH3 is 1. The van der Waals surface area contributed by atoms with Crippen LogP contribution in [0.25, 0.3) is 0 Å². The molecule has 0 spiro atoms. The zero-order valence-corrected chi connectivity index (χ0v) is 14.7. The predicted octanol–water partition coefficient (Wildman–Crippen LogP) is 5.14. The highest BCUT2D eigenvalue weighted by atomic mass is 19.1. The fourth-order valence-corrected chi connectivity index (χ4v) is 3.28. The minimum absolute atomic E-state index is 0.195. The standard InChI is InChI=1S/C17H25FO2.C2H6/c1-11(2)14-8-9-15(17(18)16(14)10-19)12-4-6-13(20-3)7-5-12;1-2/h8-9,11-13,19H,4-7,10H2,1-3H3;1-2H3. The molecule has 2 rings (SSSR count). The van der Waals surface area contributed by atoms with E-state index < -0.39 is 0 Å². The van der Waals surface area contributed by atoms with Crippen LogP contribution in [-0.2, 0) is 11.3 Å². The van der Waals surface area contributed by atoms with Gasteiger partial charge >= 0.3 is 0 Å². The molecule has 1 fully saturated rings. The van der Waals surface area contributed by atoms with Crippen molar-refractivity contribution in [2.45, 2.75) is 77.9 Å². The van der Waals surface area contributed by atoms with Crippen molar-refractivity contribution in [3.8, 4) is 0 Å². The van der Waals surface area contributed by atoms with Gasteiger partial charge in [-0.15, -0.1) is 0 Å². The van der Waals surface area contributed by atoms with Crippen LogP contribution in [0.2, 0.25) is 0 Å². The summed E-state index contributed by atoms with van der Waals surface area (Å²) in [5.74, 6) is 0.289. The Balaban J connectivity index is 0.00000116. The van der Waals surface area contributed by atoms with Gasteiger partial charge in [-0.25, -0.2) is 4.39 Å². The van der Waals surface area contributed by atoms with Crippen molar-refractivity contribution >= 4 is 0 Å². The Morgan fingerprint density at radius 2 is 1.77 bits per heavy atom. The second-order valence-corrected chi connectivity index (χ2v) is 6.06. The van der Waals surface area contributed by atoms with Crippen LogP contribution >= 0.6 is 0 Å². The molecular formula is C19H31FO2. The first kappa shape index (κ1) is 19.1. The normalized spacial score (nSPS) is 21.5. The fourth-order valence-electron chi connectivity index (χ4n) is 3.28. The number of halogens is 1. The third-order valence-electron chi connectivity index (χ3n) is 4.54. The highest BCUT2D eigenvalue weighted by Gasteiger charge is 2.26. The number of aliphatic hydroxyl groups is 1. The maximum atomic E-state index is 14.7. The van der Waals surface area contributed by atoms with Crippen LogP contribution in [0.4, 0.5) is 4.39 Å². The van der Waals surface area contributed by atoms with Crippen LogP contribution < -0.4 is 0 Å². The summed E-state index contributed by atoms with van der Waals surface area (Å²) in [6.07, 6.45) is 4.21. The van der Waals surface area contributed by atoms with Crippen LogP contribution in [0.15, 0.2) is 12.1 Å². The molecule has 0 radical (unpaired) electrons. The smallest absolute Gasteiger partial charge is 0.132 e. The molecule has 0 heterocycles. The molecule has 1 aliphatic carbocycles. The first-order chi connectivity index (χ1) is 10.6. The molecule has 0 atom stereocenters. The summed E-state index contributed by atoms with van der Waals surface area (Å²) in [6.45, 7) is 7.83. The van der Waals surface area contributed by atoms with Gasteiger partial charge in [0.05, 0.1) is 12.7 Å². The number of aliphatic hydroxyl groups excluding tert-OH is 1.